The molecule has 116 valence electrons. The molecule has 22 heavy (non-hydrogen) atoms. The first-order valence-electron chi connectivity index (χ1n) is 7.46. The van der Waals surface area contributed by atoms with E-state index in [0.717, 1.165) is 12.0 Å². The van der Waals surface area contributed by atoms with Crippen molar-refractivity contribution < 1.29 is 9.18 Å². The number of amides is 1. The molecule has 2 rings (SSSR count). The third kappa shape index (κ3) is 4.69. The van der Waals surface area contributed by atoms with Gasteiger partial charge in [-0.2, -0.15) is 0 Å². The Hall–Kier alpha value is -2.16. The van der Waals surface area contributed by atoms with Gasteiger partial charge in [0.1, 0.15) is 5.82 Å². The first-order valence-corrected chi connectivity index (χ1v) is 7.46. The van der Waals surface area contributed by atoms with E-state index < -0.39 is 0 Å². The lowest BCUT2D eigenvalue weighted by Gasteiger charge is -2.27. The minimum atomic E-state index is -0.271. The average Bonchev–Trinajstić information content (AvgIpc) is 2.47. The lowest BCUT2D eigenvalue weighted by atomic mass is 9.85. The highest BCUT2D eigenvalue weighted by Gasteiger charge is 2.22. The van der Waals surface area contributed by atoms with Crippen LogP contribution in [-0.4, -0.2) is 5.91 Å². The highest BCUT2D eigenvalue weighted by atomic mass is 19.1. The fourth-order valence-corrected chi connectivity index (χ4v) is 2.39. The van der Waals surface area contributed by atoms with Crippen molar-refractivity contribution in [3.63, 3.8) is 0 Å². The van der Waals surface area contributed by atoms with Crippen LogP contribution in [0.4, 0.5) is 4.39 Å². The van der Waals surface area contributed by atoms with Gasteiger partial charge in [-0.05, 0) is 41.7 Å². The molecule has 2 aromatic carbocycles. The first-order chi connectivity index (χ1) is 10.3. The Bertz CT molecular complexity index is 614. The van der Waals surface area contributed by atoms with Gasteiger partial charge in [0.2, 0.25) is 0 Å². The SMILES string of the molecule is CC(C)(C)CC(NC(=O)c1ccccc1)c1ccc(F)cc1. The summed E-state index contributed by atoms with van der Waals surface area (Å²) in [5.74, 6) is -0.383. The molecule has 0 saturated carbocycles. The van der Waals surface area contributed by atoms with E-state index in [0.29, 0.717) is 5.56 Å². The molecule has 0 aliphatic rings. The normalized spacial score (nSPS) is 12.7. The van der Waals surface area contributed by atoms with E-state index in [1.807, 2.05) is 18.2 Å². The van der Waals surface area contributed by atoms with Crippen molar-refractivity contribution >= 4 is 5.91 Å². The van der Waals surface area contributed by atoms with Gasteiger partial charge in [0.15, 0.2) is 0 Å². The molecule has 1 N–H and O–H groups in total. The van der Waals surface area contributed by atoms with E-state index >= 15 is 0 Å². The van der Waals surface area contributed by atoms with Crippen molar-refractivity contribution in [3.8, 4) is 0 Å². The molecule has 2 aromatic rings. The van der Waals surface area contributed by atoms with Gasteiger partial charge in [0.05, 0.1) is 6.04 Å². The Morgan fingerprint density at radius 1 is 1.05 bits per heavy atom. The highest BCUT2D eigenvalue weighted by Crippen LogP contribution is 2.29. The fourth-order valence-electron chi connectivity index (χ4n) is 2.39. The molecule has 1 atom stereocenters. The quantitative estimate of drug-likeness (QED) is 0.868. The van der Waals surface area contributed by atoms with Crippen LogP contribution in [0, 0.1) is 11.2 Å². The summed E-state index contributed by atoms with van der Waals surface area (Å²) >= 11 is 0. The monoisotopic (exact) mass is 299 g/mol. The van der Waals surface area contributed by atoms with E-state index in [1.165, 1.54) is 12.1 Å². The summed E-state index contributed by atoms with van der Waals surface area (Å²) in [5.41, 5.74) is 1.59. The second kappa shape index (κ2) is 6.73. The van der Waals surface area contributed by atoms with Gasteiger partial charge < -0.3 is 5.32 Å². The smallest absolute Gasteiger partial charge is 0.251 e. The molecule has 3 heteroatoms. The van der Waals surface area contributed by atoms with Gasteiger partial charge in [0.25, 0.3) is 5.91 Å². The Labute approximate surface area is 131 Å². The Morgan fingerprint density at radius 2 is 1.64 bits per heavy atom. The van der Waals surface area contributed by atoms with Gasteiger partial charge in [0, 0.05) is 5.56 Å². The average molecular weight is 299 g/mol. The zero-order chi connectivity index (χ0) is 16.2. The lowest BCUT2D eigenvalue weighted by Crippen LogP contribution is -2.31. The minimum Gasteiger partial charge on any atom is -0.345 e. The van der Waals surface area contributed by atoms with Crippen LogP contribution < -0.4 is 5.32 Å². The number of halogens is 1. The summed E-state index contributed by atoms with van der Waals surface area (Å²) in [7, 11) is 0. The number of hydrogen-bond acceptors (Lipinski definition) is 1. The third-order valence-corrected chi connectivity index (χ3v) is 3.43. The van der Waals surface area contributed by atoms with E-state index in [4.69, 9.17) is 0 Å². The summed E-state index contributed by atoms with van der Waals surface area (Å²) in [5, 5.41) is 3.06. The molecule has 0 radical (unpaired) electrons. The standard InChI is InChI=1S/C19H22FNO/c1-19(2,3)13-17(14-9-11-16(20)12-10-14)21-18(22)15-7-5-4-6-8-15/h4-12,17H,13H2,1-3H3,(H,21,22). The van der Waals surface area contributed by atoms with Crippen molar-refractivity contribution in [3.05, 3.63) is 71.5 Å². The molecule has 0 aromatic heterocycles. The maximum Gasteiger partial charge on any atom is 0.251 e. The van der Waals surface area contributed by atoms with E-state index in [-0.39, 0.29) is 23.2 Å². The van der Waals surface area contributed by atoms with Crippen LogP contribution in [0.15, 0.2) is 54.6 Å². The molecular weight excluding hydrogens is 277 g/mol. The first kappa shape index (κ1) is 16.2. The van der Waals surface area contributed by atoms with Crippen LogP contribution in [0.1, 0.15) is 49.2 Å². The number of benzene rings is 2. The summed E-state index contributed by atoms with van der Waals surface area (Å²) in [4.78, 5) is 12.4. The van der Waals surface area contributed by atoms with Gasteiger partial charge in [-0.25, -0.2) is 4.39 Å². The predicted molar refractivity (Wildman–Crippen MR) is 87.1 cm³/mol. The van der Waals surface area contributed by atoms with E-state index in [9.17, 15) is 9.18 Å². The zero-order valence-corrected chi connectivity index (χ0v) is 13.3. The van der Waals surface area contributed by atoms with E-state index in [1.54, 1.807) is 24.3 Å². The number of carbonyl (C=O) groups excluding carboxylic acids is 1. The second-order valence-corrected chi connectivity index (χ2v) is 6.71. The van der Waals surface area contributed by atoms with Crippen LogP contribution in [0.3, 0.4) is 0 Å². The lowest BCUT2D eigenvalue weighted by molar-refractivity contribution is 0.0926. The second-order valence-electron chi connectivity index (χ2n) is 6.71. The van der Waals surface area contributed by atoms with Crippen LogP contribution in [-0.2, 0) is 0 Å². The van der Waals surface area contributed by atoms with Crippen LogP contribution in [0.25, 0.3) is 0 Å². The van der Waals surface area contributed by atoms with Gasteiger partial charge in [-0.1, -0.05) is 51.1 Å². The summed E-state index contributed by atoms with van der Waals surface area (Å²) in [6.07, 6.45) is 0.775. The Balaban J connectivity index is 2.21. The summed E-state index contributed by atoms with van der Waals surface area (Å²) in [6.45, 7) is 6.37. The molecule has 0 spiro atoms. The maximum atomic E-state index is 13.1. The van der Waals surface area contributed by atoms with Gasteiger partial charge in [-0.15, -0.1) is 0 Å². The maximum absolute atomic E-state index is 13.1. The van der Waals surface area contributed by atoms with Crippen molar-refractivity contribution in [2.45, 2.75) is 33.2 Å². The van der Waals surface area contributed by atoms with Crippen LogP contribution >= 0.6 is 0 Å². The predicted octanol–water partition coefficient (Wildman–Crippen LogP) is 4.73. The highest BCUT2D eigenvalue weighted by molar-refractivity contribution is 5.94. The van der Waals surface area contributed by atoms with Crippen molar-refractivity contribution in [1.29, 1.82) is 0 Å². The molecule has 0 heterocycles. The zero-order valence-electron chi connectivity index (χ0n) is 13.3. The number of hydrogen-bond donors (Lipinski definition) is 1. The molecule has 0 bridgehead atoms. The van der Waals surface area contributed by atoms with Gasteiger partial charge >= 0.3 is 0 Å². The third-order valence-electron chi connectivity index (χ3n) is 3.43. The Morgan fingerprint density at radius 3 is 2.18 bits per heavy atom. The fraction of sp³-hybridized carbons (Fsp3) is 0.316. The molecule has 0 fully saturated rings. The van der Waals surface area contributed by atoms with E-state index in [2.05, 4.69) is 26.1 Å². The minimum absolute atomic E-state index is 0.0447. The van der Waals surface area contributed by atoms with Gasteiger partial charge in [-0.3, -0.25) is 4.79 Å². The van der Waals surface area contributed by atoms with Crippen LogP contribution in [0.2, 0.25) is 0 Å². The summed E-state index contributed by atoms with van der Waals surface area (Å²) in [6, 6.07) is 15.3. The van der Waals surface area contributed by atoms with Crippen molar-refractivity contribution in [2.75, 3.05) is 0 Å². The molecular formula is C19H22FNO. The number of carbonyl (C=O) groups is 1. The summed E-state index contributed by atoms with van der Waals surface area (Å²) < 4.78 is 13.1. The molecule has 0 aliphatic carbocycles. The molecule has 0 aliphatic heterocycles. The molecule has 1 amide bonds. The number of nitrogens with one attached hydrogen (secondary N) is 1. The molecule has 2 nitrogen and oxygen atoms in total. The van der Waals surface area contributed by atoms with Crippen molar-refractivity contribution in [2.24, 2.45) is 5.41 Å². The molecule has 1 unspecified atom stereocenters. The topological polar surface area (TPSA) is 29.1 Å². The number of rotatable bonds is 4. The van der Waals surface area contributed by atoms with Crippen molar-refractivity contribution in [1.82, 2.24) is 5.32 Å². The largest absolute Gasteiger partial charge is 0.345 e. The van der Waals surface area contributed by atoms with Crippen LogP contribution in [0.5, 0.6) is 0 Å². The molecule has 0 saturated heterocycles. The Kier molecular flexibility index (Phi) is 4.96.